The number of rotatable bonds is 4. The average molecular weight is 391 g/mol. The second kappa shape index (κ2) is 8.03. The van der Waals surface area contributed by atoms with Crippen LogP contribution in [0.5, 0.6) is 0 Å². The molecule has 2 N–H and O–H groups in total. The Labute approximate surface area is 169 Å². The third-order valence-corrected chi connectivity index (χ3v) is 5.53. The molecule has 1 aromatic carbocycles. The molecule has 1 amide bonds. The molecular formula is C22H25N5O2. The first-order valence-corrected chi connectivity index (χ1v) is 9.96. The molecule has 0 spiro atoms. The van der Waals surface area contributed by atoms with Gasteiger partial charge in [0.2, 0.25) is 5.91 Å². The minimum absolute atomic E-state index is 0.0244. The van der Waals surface area contributed by atoms with E-state index in [1.807, 2.05) is 50.4 Å². The number of amides is 1. The lowest BCUT2D eigenvalue weighted by Crippen LogP contribution is -2.31. The van der Waals surface area contributed by atoms with Crippen LogP contribution in [-0.4, -0.2) is 25.7 Å². The number of aryl methyl sites for hydroxylation is 3. The summed E-state index contributed by atoms with van der Waals surface area (Å²) in [7, 11) is 1.87. The van der Waals surface area contributed by atoms with Crippen molar-refractivity contribution < 1.29 is 4.79 Å². The molecule has 3 aromatic rings. The Morgan fingerprint density at radius 3 is 2.72 bits per heavy atom. The van der Waals surface area contributed by atoms with Gasteiger partial charge in [-0.2, -0.15) is 5.10 Å². The van der Waals surface area contributed by atoms with Gasteiger partial charge in [-0.25, -0.2) is 4.98 Å². The number of H-pyrrole nitrogens is 1. The summed E-state index contributed by atoms with van der Waals surface area (Å²) in [6.45, 7) is 2.39. The predicted octanol–water partition coefficient (Wildman–Crippen LogP) is 2.29. The van der Waals surface area contributed by atoms with Crippen LogP contribution in [0.15, 0.2) is 41.2 Å². The zero-order chi connectivity index (χ0) is 20.4. The number of benzene rings is 1. The minimum Gasteiger partial charge on any atom is -0.350 e. The van der Waals surface area contributed by atoms with Gasteiger partial charge in [0.1, 0.15) is 5.82 Å². The lowest BCUT2D eigenvalue weighted by Gasteiger charge is -2.14. The van der Waals surface area contributed by atoms with Gasteiger partial charge in [0.25, 0.3) is 5.56 Å². The van der Waals surface area contributed by atoms with E-state index < -0.39 is 0 Å². The van der Waals surface area contributed by atoms with E-state index in [1.165, 1.54) is 0 Å². The van der Waals surface area contributed by atoms with Crippen LogP contribution < -0.4 is 10.9 Å². The Hall–Kier alpha value is -3.22. The maximum absolute atomic E-state index is 12.7. The quantitative estimate of drug-likeness (QED) is 0.668. The summed E-state index contributed by atoms with van der Waals surface area (Å²) >= 11 is 0. The van der Waals surface area contributed by atoms with Crippen LogP contribution >= 0.6 is 0 Å². The normalized spacial score (nSPS) is 16.1. The fraction of sp³-hybridized carbons (Fsp3) is 0.364. The maximum atomic E-state index is 12.7. The van der Waals surface area contributed by atoms with Gasteiger partial charge in [0.15, 0.2) is 0 Å². The number of nitrogens with one attached hydrogen (secondary N) is 2. The molecule has 0 fully saturated rings. The molecule has 1 unspecified atom stereocenters. The second-order valence-corrected chi connectivity index (χ2v) is 7.60. The number of aromatic amines is 1. The average Bonchev–Trinajstić information content (AvgIpc) is 2.91. The standard InChI is InChI=1S/C22H25N5O2/c1-14-12-17(27(2)26-14)13-23-21(28)16-8-10-18-19(11-9-16)24-20(25-22(18)29)15-6-4-3-5-7-15/h3-7,12,16H,8-11,13H2,1-2H3,(H,23,28)(H,24,25,29). The minimum atomic E-state index is -0.127. The molecule has 1 aliphatic carbocycles. The van der Waals surface area contributed by atoms with Crippen LogP contribution in [0.4, 0.5) is 0 Å². The Bertz CT molecular complexity index is 1080. The topological polar surface area (TPSA) is 92.7 Å². The number of aromatic nitrogens is 4. The third kappa shape index (κ3) is 4.13. The van der Waals surface area contributed by atoms with Gasteiger partial charge in [-0.15, -0.1) is 0 Å². The van der Waals surface area contributed by atoms with Gasteiger partial charge in [0.05, 0.1) is 23.6 Å². The van der Waals surface area contributed by atoms with Crippen molar-refractivity contribution in [2.24, 2.45) is 13.0 Å². The molecule has 0 saturated heterocycles. The van der Waals surface area contributed by atoms with Crippen LogP contribution in [0.1, 0.15) is 35.5 Å². The number of hydrogen-bond acceptors (Lipinski definition) is 4. The molecule has 1 atom stereocenters. The smallest absolute Gasteiger partial charge is 0.254 e. The van der Waals surface area contributed by atoms with Crippen LogP contribution in [0.25, 0.3) is 11.4 Å². The van der Waals surface area contributed by atoms with Gasteiger partial charge in [-0.3, -0.25) is 14.3 Å². The van der Waals surface area contributed by atoms with Crippen LogP contribution in [-0.2, 0) is 31.2 Å². The van der Waals surface area contributed by atoms with E-state index in [0.717, 1.165) is 22.6 Å². The van der Waals surface area contributed by atoms with Crippen LogP contribution in [0.3, 0.4) is 0 Å². The number of fused-ring (bicyclic) bond motifs is 1. The highest BCUT2D eigenvalue weighted by atomic mass is 16.2. The van der Waals surface area contributed by atoms with E-state index in [9.17, 15) is 9.59 Å². The molecular weight excluding hydrogens is 366 g/mol. The molecule has 0 bridgehead atoms. The summed E-state index contributed by atoms with van der Waals surface area (Å²) in [4.78, 5) is 33.0. The zero-order valence-corrected chi connectivity index (χ0v) is 16.7. The number of hydrogen-bond donors (Lipinski definition) is 2. The van der Waals surface area contributed by atoms with Crippen molar-refractivity contribution in [3.63, 3.8) is 0 Å². The summed E-state index contributed by atoms with van der Waals surface area (Å²) in [5.74, 6) is 0.485. The van der Waals surface area contributed by atoms with Crippen molar-refractivity contribution >= 4 is 5.91 Å². The van der Waals surface area contributed by atoms with Crippen LogP contribution in [0, 0.1) is 12.8 Å². The Kier molecular flexibility index (Phi) is 5.29. The summed E-state index contributed by atoms with van der Waals surface area (Å²) in [5, 5.41) is 7.33. The van der Waals surface area contributed by atoms with E-state index in [0.29, 0.717) is 43.6 Å². The van der Waals surface area contributed by atoms with Crippen molar-refractivity contribution in [3.05, 3.63) is 69.4 Å². The van der Waals surface area contributed by atoms with E-state index in [1.54, 1.807) is 4.68 Å². The SMILES string of the molecule is Cc1cc(CNC(=O)C2CCc3nc(-c4ccccc4)[nH]c(=O)c3CC2)n(C)n1. The van der Waals surface area contributed by atoms with Crippen molar-refractivity contribution in [1.82, 2.24) is 25.1 Å². The van der Waals surface area contributed by atoms with Gasteiger partial charge in [0, 0.05) is 24.1 Å². The molecule has 0 radical (unpaired) electrons. The van der Waals surface area contributed by atoms with Crippen molar-refractivity contribution in [3.8, 4) is 11.4 Å². The highest BCUT2D eigenvalue weighted by molar-refractivity contribution is 5.78. The van der Waals surface area contributed by atoms with E-state index in [-0.39, 0.29) is 17.4 Å². The molecule has 2 heterocycles. The lowest BCUT2D eigenvalue weighted by atomic mass is 9.99. The fourth-order valence-electron chi connectivity index (χ4n) is 3.93. The fourth-order valence-corrected chi connectivity index (χ4v) is 3.93. The van der Waals surface area contributed by atoms with Gasteiger partial charge < -0.3 is 10.3 Å². The number of carbonyl (C=O) groups is 1. The first kappa shape index (κ1) is 19.1. The zero-order valence-electron chi connectivity index (χ0n) is 16.7. The highest BCUT2D eigenvalue weighted by Crippen LogP contribution is 2.23. The van der Waals surface area contributed by atoms with Crippen LogP contribution in [0.2, 0.25) is 0 Å². The summed E-state index contributed by atoms with van der Waals surface area (Å²) in [6.07, 6.45) is 2.53. The summed E-state index contributed by atoms with van der Waals surface area (Å²) in [5.41, 5.74) is 4.21. The van der Waals surface area contributed by atoms with Gasteiger partial charge in [-0.1, -0.05) is 30.3 Å². The summed E-state index contributed by atoms with van der Waals surface area (Å²) in [6, 6.07) is 11.6. The molecule has 150 valence electrons. The van der Waals surface area contributed by atoms with Crippen molar-refractivity contribution in [2.75, 3.05) is 0 Å². The number of nitrogens with zero attached hydrogens (tertiary/aromatic N) is 3. The van der Waals surface area contributed by atoms with Crippen molar-refractivity contribution in [1.29, 1.82) is 0 Å². The Balaban J connectivity index is 1.46. The largest absolute Gasteiger partial charge is 0.350 e. The molecule has 0 aliphatic heterocycles. The van der Waals surface area contributed by atoms with Crippen molar-refractivity contribution in [2.45, 2.75) is 39.2 Å². The van der Waals surface area contributed by atoms with E-state index >= 15 is 0 Å². The molecule has 7 nitrogen and oxygen atoms in total. The highest BCUT2D eigenvalue weighted by Gasteiger charge is 2.25. The Morgan fingerprint density at radius 1 is 1.24 bits per heavy atom. The molecule has 0 saturated carbocycles. The predicted molar refractivity (Wildman–Crippen MR) is 110 cm³/mol. The second-order valence-electron chi connectivity index (χ2n) is 7.60. The summed E-state index contributed by atoms with van der Waals surface area (Å²) < 4.78 is 1.78. The molecule has 4 rings (SSSR count). The molecule has 1 aliphatic rings. The molecule has 2 aromatic heterocycles. The van der Waals surface area contributed by atoms with Gasteiger partial charge in [-0.05, 0) is 38.7 Å². The lowest BCUT2D eigenvalue weighted by molar-refractivity contribution is -0.125. The monoisotopic (exact) mass is 391 g/mol. The maximum Gasteiger partial charge on any atom is 0.254 e. The third-order valence-electron chi connectivity index (χ3n) is 5.53. The van der Waals surface area contributed by atoms with E-state index in [2.05, 4.69) is 15.4 Å². The molecule has 7 heteroatoms. The van der Waals surface area contributed by atoms with E-state index in [4.69, 9.17) is 4.98 Å². The molecule has 29 heavy (non-hydrogen) atoms. The Morgan fingerprint density at radius 2 is 2.00 bits per heavy atom. The first-order valence-electron chi connectivity index (χ1n) is 9.96. The number of carbonyl (C=O) groups excluding carboxylic acids is 1. The van der Waals surface area contributed by atoms with Gasteiger partial charge >= 0.3 is 0 Å². The first-order chi connectivity index (χ1) is 14.0.